The largest absolute Gasteiger partial charge is 0.391 e. The molecule has 2 unspecified atom stereocenters. The zero-order valence-corrected chi connectivity index (χ0v) is 10.8. The van der Waals surface area contributed by atoms with E-state index in [1.807, 2.05) is 6.07 Å². The van der Waals surface area contributed by atoms with Crippen molar-refractivity contribution in [2.45, 2.75) is 19.4 Å². The quantitative estimate of drug-likeness (QED) is 0.788. The van der Waals surface area contributed by atoms with Crippen LogP contribution in [0.2, 0.25) is 0 Å². The summed E-state index contributed by atoms with van der Waals surface area (Å²) in [5.74, 6) is 1.60. The van der Waals surface area contributed by atoms with E-state index >= 15 is 0 Å². The first-order valence-electron chi connectivity index (χ1n) is 6.45. The van der Waals surface area contributed by atoms with Crippen molar-refractivity contribution in [2.24, 2.45) is 5.92 Å². The Hall–Kier alpha value is -1.95. The molecule has 1 fully saturated rings. The molecule has 0 radical (unpaired) electrons. The summed E-state index contributed by atoms with van der Waals surface area (Å²) in [6.07, 6.45) is 2.13. The normalized spacial score (nSPS) is 23.8. The van der Waals surface area contributed by atoms with Crippen molar-refractivity contribution in [2.75, 3.05) is 23.7 Å². The van der Waals surface area contributed by atoms with Gasteiger partial charge in [-0.2, -0.15) is 0 Å². The van der Waals surface area contributed by atoms with Gasteiger partial charge in [0.1, 0.15) is 18.0 Å². The molecular weight excluding hydrogens is 242 g/mol. The van der Waals surface area contributed by atoms with E-state index in [0.717, 1.165) is 24.2 Å². The average molecular weight is 259 g/mol. The molecule has 2 atom stereocenters. The third-order valence-electron chi connectivity index (χ3n) is 3.72. The number of fused-ring (bicyclic) bond motifs is 1. The lowest BCUT2D eigenvalue weighted by atomic mass is 9.96. The minimum absolute atomic E-state index is 0.319. The summed E-state index contributed by atoms with van der Waals surface area (Å²) in [5.41, 5.74) is 6.26. The van der Waals surface area contributed by atoms with Crippen LogP contribution < -0.4 is 10.6 Å². The number of rotatable bonds is 1. The minimum atomic E-state index is -0.319. The van der Waals surface area contributed by atoms with Gasteiger partial charge in [0.2, 0.25) is 0 Å². The van der Waals surface area contributed by atoms with E-state index < -0.39 is 0 Å². The molecule has 2 aromatic rings. The zero-order chi connectivity index (χ0) is 13.4. The first-order valence-corrected chi connectivity index (χ1v) is 6.45. The maximum atomic E-state index is 10.0. The van der Waals surface area contributed by atoms with Crippen molar-refractivity contribution >= 4 is 22.7 Å². The highest BCUT2D eigenvalue weighted by atomic mass is 16.3. The Morgan fingerprint density at radius 1 is 1.37 bits per heavy atom. The highest BCUT2D eigenvalue weighted by Crippen LogP contribution is 2.27. The summed E-state index contributed by atoms with van der Waals surface area (Å²) < 4.78 is 0. The summed E-state index contributed by atoms with van der Waals surface area (Å²) in [7, 11) is 0. The molecule has 0 aliphatic carbocycles. The third-order valence-corrected chi connectivity index (χ3v) is 3.72. The number of aliphatic hydroxyl groups excluding tert-OH is 1. The lowest BCUT2D eigenvalue weighted by molar-refractivity contribution is 0.103. The average Bonchev–Trinajstić information content (AvgIpc) is 2.41. The summed E-state index contributed by atoms with van der Waals surface area (Å²) in [6.45, 7) is 3.55. The lowest BCUT2D eigenvalue weighted by Crippen LogP contribution is -2.43. The van der Waals surface area contributed by atoms with Crippen LogP contribution in [0.5, 0.6) is 0 Å². The molecule has 0 amide bonds. The fourth-order valence-corrected chi connectivity index (χ4v) is 2.44. The summed E-state index contributed by atoms with van der Waals surface area (Å²) in [4.78, 5) is 14.8. The van der Waals surface area contributed by atoms with Crippen molar-refractivity contribution < 1.29 is 5.11 Å². The van der Waals surface area contributed by atoms with E-state index in [1.54, 1.807) is 6.07 Å². The molecule has 0 spiro atoms. The molecule has 3 N–H and O–H groups in total. The molecule has 1 saturated heterocycles. The Labute approximate surface area is 111 Å². The Balaban J connectivity index is 2.01. The predicted molar refractivity (Wildman–Crippen MR) is 73.7 cm³/mol. The zero-order valence-electron chi connectivity index (χ0n) is 10.8. The fraction of sp³-hybridized carbons (Fsp3) is 0.462. The number of β-amino-alcohol motifs (C(OH)–C–C–N with tert-alkyl or cyclic N) is 1. The predicted octanol–water partition coefficient (Wildman–Crippen LogP) is 0.814. The lowest BCUT2D eigenvalue weighted by Gasteiger charge is -2.35. The van der Waals surface area contributed by atoms with Crippen molar-refractivity contribution in [3.05, 3.63) is 18.5 Å². The molecule has 1 aliphatic heterocycles. The molecule has 100 valence electrons. The number of anilines is 2. The van der Waals surface area contributed by atoms with Gasteiger partial charge in [-0.3, -0.25) is 0 Å². The summed E-state index contributed by atoms with van der Waals surface area (Å²) in [6, 6.07) is 3.63. The Kier molecular flexibility index (Phi) is 2.94. The second-order valence-electron chi connectivity index (χ2n) is 5.08. The van der Waals surface area contributed by atoms with Crippen LogP contribution in [0.4, 0.5) is 11.6 Å². The Bertz CT molecular complexity index is 603. The third kappa shape index (κ3) is 2.19. The van der Waals surface area contributed by atoms with E-state index in [4.69, 9.17) is 5.73 Å². The standard InChI is InChI=1S/C13H17N5O/c1-8-4-5-18(6-10(8)19)13-9-2-3-11(14)17-12(9)15-7-16-13/h2-3,7-8,10,19H,4-6H2,1H3,(H2,14,15,16,17). The van der Waals surface area contributed by atoms with Gasteiger partial charge in [0.05, 0.1) is 11.5 Å². The number of piperidine rings is 1. The van der Waals surface area contributed by atoms with Crippen LogP contribution in [0.3, 0.4) is 0 Å². The second kappa shape index (κ2) is 4.62. The maximum absolute atomic E-state index is 10.0. The van der Waals surface area contributed by atoms with Crippen molar-refractivity contribution in [3.8, 4) is 0 Å². The van der Waals surface area contributed by atoms with Gasteiger partial charge in [-0.05, 0) is 24.5 Å². The van der Waals surface area contributed by atoms with Crippen LogP contribution >= 0.6 is 0 Å². The number of hydrogen-bond donors (Lipinski definition) is 2. The number of aromatic nitrogens is 3. The number of nitrogen functional groups attached to an aromatic ring is 1. The molecule has 6 heteroatoms. The maximum Gasteiger partial charge on any atom is 0.166 e. The molecule has 6 nitrogen and oxygen atoms in total. The highest BCUT2D eigenvalue weighted by Gasteiger charge is 2.26. The summed E-state index contributed by atoms with van der Waals surface area (Å²) >= 11 is 0. The molecule has 2 aromatic heterocycles. The first-order chi connectivity index (χ1) is 9.15. The first kappa shape index (κ1) is 12.1. The summed E-state index contributed by atoms with van der Waals surface area (Å²) in [5, 5.41) is 10.9. The van der Waals surface area contributed by atoms with Gasteiger partial charge in [-0.15, -0.1) is 0 Å². The molecule has 3 rings (SSSR count). The second-order valence-corrected chi connectivity index (χ2v) is 5.08. The van der Waals surface area contributed by atoms with Crippen LogP contribution in [-0.4, -0.2) is 39.3 Å². The number of hydrogen-bond acceptors (Lipinski definition) is 6. The number of nitrogens with zero attached hydrogens (tertiary/aromatic N) is 4. The Morgan fingerprint density at radius 2 is 2.21 bits per heavy atom. The number of pyridine rings is 1. The molecular formula is C13H17N5O. The van der Waals surface area contributed by atoms with Crippen LogP contribution in [0.1, 0.15) is 13.3 Å². The van der Waals surface area contributed by atoms with Crippen molar-refractivity contribution in [1.29, 1.82) is 0 Å². The molecule has 3 heterocycles. The number of aliphatic hydroxyl groups is 1. The van der Waals surface area contributed by atoms with Crippen LogP contribution in [0.25, 0.3) is 11.0 Å². The van der Waals surface area contributed by atoms with Gasteiger partial charge in [0, 0.05) is 13.1 Å². The topological polar surface area (TPSA) is 88.2 Å². The van der Waals surface area contributed by atoms with Gasteiger partial charge in [0.25, 0.3) is 0 Å². The van der Waals surface area contributed by atoms with Gasteiger partial charge >= 0.3 is 0 Å². The fourth-order valence-electron chi connectivity index (χ4n) is 2.44. The molecule has 0 saturated carbocycles. The van der Waals surface area contributed by atoms with Crippen LogP contribution in [-0.2, 0) is 0 Å². The van der Waals surface area contributed by atoms with E-state index in [2.05, 4.69) is 26.8 Å². The van der Waals surface area contributed by atoms with Gasteiger partial charge in [-0.25, -0.2) is 15.0 Å². The van der Waals surface area contributed by atoms with Gasteiger partial charge < -0.3 is 15.7 Å². The van der Waals surface area contributed by atoms with Gasteiger partial charge in [0.15, 0.2) is 5.65 Å². The van der Waals surface area contributed by atoms with E-state index in [9.17, 15) is 5.11 Å². The smallest absolute Gasteiger partial charge is 0.166 e. The van der Waals surface area contributed by atoms with Gasteiger partial charge in [-0.1, -0.05) is 6.92 Å². The molecule has 19 heavy (non-hydrogen) atoms. The number of nitrogens with two attached hydrogens (primary N) is 1. The monoisotopic (exact) mass is 259 g/mol. The van der Waals surface area contributed by atoms with Crippen molar-refractivity contribution in [3.63, 3.8) is 0 Å². The molecule has 1 aliphatic rings. The van der Waals surface area contributed by atoms with Crippen LogP contribution in [0.15, 0.2) is 18.5 Å². The minimum Gasteiger partial charge on any atom is -0.391 e. The van der Waals surface area contributed by atoms with Crippen LogP contribution in [0, 0.1) is 5.92 Å². The molecule has 0 aromatic carbocycles. The SMILES string of the molecule is CC1CCN(c2ncnc3nc(N)ccc23)CC1O. The van der Waals surface area contributed by atoms with E-state index in [1.165, 1.54) is 6.33 Å². The van der Waals surface area contributed by atoms with E-state index in [0.29, 0.717) is 23.9 Å². The Morgan fingerprint density at radius 3 is 3.00 bits per heavy atom. The van der Waals surface area contributed by atoms with Crippen molar-refractivity contribution in [1.82, 2.24) is 15.0 Å². The highest BCUT2D eigenvalue weighted by molar-refractivity contribution is 5.87. The molecule has 0 bridgehead atoms. The van der Waals surface area contributed by atoms with E-state index in [-0.39, 0.29) is 6.10 Å².